The molecular weight excluding hydrogens is 304 g/mol. The van der Waals surface area contributed by atoms with Gasteiger partial charge in [0.05, 0.1) is 10.7 Å². The molecule has 0 fully saturated rings. The van der Waals surface area contributed by atoms with Crippen molar-refractivity contribution in [1.82, 2.24) is 9.78 Å². The number of aryl methyl sites for hydroxylation is 2. The molecule has 0 aliphatic rings. The summed E-state index contributed by atoms with van der Waals surface area (Å²) >= 11 is 3.43. The topological polar surface area (TPSA) is 34.9 Å². The summed E-state index contributed by atoms with van der Waals surface area (Å²) in [4.78, 5) is 12.8. The highest BCUT2D eigenvalue weighted by atomic mass is 79.9. The molecule has 0 unspecified atom stereocenters. The molecule has 1 aromatic heterocycles. The van der Waals surface area contributed by atoms with Crippen molar-refractivity contribution in [2.75, 3.05) is 0 Å². The zero-order chi connectivity index (χ0) is 14.2. The first-order valence-electron chi connectivity index (χ1n) is 6.27. The van der Waals surface area contributed by atoms with E-state index in [1.807, 2.05) is 45.9 Å². The number of hydrogen-bond acceptors (Lipinski definition) is 2. The van der Waals surface area contributed by atoms with Crippen LogP contribution < -0.4 is 0 Å². The molecule has 0 radical (unpaired) electrons. The van der Waals surface area contributed by atoms with Gasteiger partial charge in [0.1, 0.15) is 5.69 Å². The third-order valence-corrected chi connectivity index (χ3v) is 3.74. The first-order chi connectivity index (χ1) is 8.93. The summed E-state index contributed by atoms with van der Waals surface area (Å²) in [5.41, 5.74) is 3.37. The lowest BCUT2D eigenvalue weighted by Crippen LogP contribution is -2.15. The summed E-state index contributed by atoms with van der Waals surface area (Å²) in [5, 5.41) is 4.27. The Morgan fingerprint density at radius 1 is 1.26 bits per heavy atom. The normalized spacial score (nSPS) is 11.1. The van der Waals surface area contributed by atoms with Crippen LogP contribution in [0.5, 0.6) is 0 Å². The Hall–Kier alpha value is -1.42. The molecule has 0 amide bonds. The third kappa shape index (κ3) is 2.50. The van der Waals surface area contributed by atoms with E-state index in [0.29, 0.717) is 5.69 Å². The second-order valence-corrected chi connectivity index (χ2v) is 5.83. The summed E-state index contributed by atoms with van der Waals surface area (Å²) < 4.78 is 2.51. The van der Waals surface area contributed by atoms with Crippen LogP contribution in [0.1, 0.15) is 47.1 Å². The van der Waals surface area contributed by atoms with Crippen molar-refractivity contribution in [3.05, 3.63) is 51.3 Å². The van der Waals surface area contributed by atoms with Gasteiger partial charge in [0, 0.05) is 11.6 Å². The Morgan fingerprint density at radius 3 is 2.37 bits per heavy atom. The summed E-state index contributed by atoms with van der Waals surface area (Å²) in [7, 11) is 0. The van der Waals surface area contributed by atoms with Crippen LogP contribution >= 0.6 is 15.9 Å². The molecule has 0 aliphatic heterocycles. The Labute approximate surface area is 121 Å². The number of aromatic nitrogens is 2. The molecule has 0 atom stereocenters. The van der Waals surface area contributed by atoms with Gasteiger partial charge in [-0.1, -0.05) is 18.2 Å². The average molecular weight is 321 g/mol. The minimum absolute atomic E-state index is 0.0219. The van der Waals surface area contributed by atoms with Crippen molar-refractivity contribution >= 4 is 21.7 Å². The Morgan fingerprint density at radius 2 is 1.84 bits per heavy atom. The van der Waals surface area contributed by atoms with Gasteiger partial charge in [-0.15, -0.1) is 0 Å². The van der Waals surface area contributed by atoms with Crippen LogP contribution in [0.15, 0.2) is 28.9 Å². The fourth-order valence-electron chi connectivity index (χ4n) is 2.24. The minimum atomic E-state index is 0.0219. The predicted molar refractivity (Wildman–Crippen MR) is 79.7 cm³/mol. The molecule has 0 saturated heterocycles. The highest BCUT2D eigenvalue weighted by molar-refractivity contribution is 9.10. The van der Waals surface area contributed by atoms with E-state index in [-0.39, 0.29) is 11.8 Å². The molecule has 0 bridgehead atoms. The lowest BCUT2D eigenvalue weighted by molar-refractivity contribution is 0.102. The summed E-state index contributed by atoms with van der Waals surface area (Å²) in [5.74, 6) is 0.0219. The number of benzene rings is 1. The highest BCUT2D eigenvalue weighted by Gasteiger charge is 2.22. The molecule has 3 nitrogen and oxygen atoms in total. The molecule has 2 aromatic rings. The van der Waals surface area contributed by atoms with E-state index in [1.165, 1.54) is 0 Å². The standard InChI is InChI=1S/C15H17BrN2O/c1-9(2)18-14(12(16)8-17-18)15(19)13-10(3)6-5-7-11(13)4/h5-9H,1-4H3. The molecule has 2 rings (SSSR count). The molecule has 0 aliphatic carbocycles. The fraction of sp³-hybridized carbons (Fsp3) is 0.333. The molecular formula is C15H17BrN2O. The van der Waals surface area contributed by atoms with Crippen LogP contribution in [0.3, 0.4) is 0 Å². The molecule has 0 saturated carbocycles. The smallest absolute Gasteiger partial charge is 0.212 e. The lowest BCUT2D eigenvalue weighted by Gasteiger charge is -2.13. The van der Waals surface area contributed by atoms with Crippen LogP contribution in [0.4, 0.5) is 0 Å². The van der Waals surface area contributed by atoms with Crippen LogP contribution in [0.25, 0.3) is 0 Å². The largest absolute Gasteiger partial charge is 0.287 e. The van der Waals surface area contributed by atoms with Crippen molar-refractivity contribution in [2.45, 2.75) is 33.7 Å². The van der Waals surface area contributed by atoms with Crippen molar-refractivity contribution < 1.29 is 4.79 Å². The van der Waals surface area contributed by atoms with Crippen LogP contribution in [-0.4, -0.2) is 15.6 Å². The van der Waals surface area contributed by atoms with Gasteiger partial charge in [0.15, 0.2) is 0 Å². The minimum Gasteiger partial charge on any atom is -0.287 e. The average Bonchev–Trinajstić information content (AvgIpc) is 2.70. The van der Waals surface area contributed by atoms with Crippen molar-refractivity contribution in [3.8, 4) is 0 Å². The lowest BCUT2D eigenvalue weighted by atomic mass is 9.97. The number of halogens is 1. The molecule has 1 aromatic carbocycles. The van der Waals surface area contributed by atoms with Gasteiger partial charge in [-0.2, -0.15) is 5.10 Å². The van der Waals surface area contributed by atoms with E-state index >= 15 is 0 Å². The first-order valence-corrected chi connectivity index (χ1v) is 7.06. The maximum Gasteiger partial charge on any atom is 0.212 e. The molecule has 19 heavy (non-hydrogen) atoms. The van der Waals surface area contributed by atoms with Crippen LogP contribution in [0, 0.1) is 13.8 Å². The van der Waals surface area contributed by atoms with Crippen LogP contribution in [-0.2, 0) is 0 Å². The van der Waals surface area contributed by atoms with E-state index in [0.717, 1.165) is 21.2 Å². The summed E-state index contributed by atoms with van der Waals surface area (Å²) in [6.45, 7) is 7.95. The van der Waals surface area contributed by atoms with Gasteiger partial charge in [0.25, 0.3) is 0 Å². The van der Waals surface area contributed by atoms with Crippen LogP contribution in [0.2, 0.25) is 0 Å². The van der Waals surface area contributed by atoms with Gasteiger partial charge in [0.2, 0.25) is 5.78 Å². The summed E-state index contributed by atoms with van der Waals surface area (Å²) in [6.07, 6.45) is 1.68. The second kappa shape index (κ2) is 5.29. The number of ketones is 1. The Kier molecular flexibility index (Phi) is 3.90. The van der Waals surface area contributed by atoms with Gasteiger partial charge in [-0.3, -0.25) is 9.48 Å². The van der Waals surface area contributed by atoms with E-state index in [9.17, 15) is 4.79 Å². The Bertz CT molecular complexity index is 609. The molecule has 100 valence electrons. The monoisotopic (exact) mass is 320 g/mol. The van der Waals surface area contributed by atoms with Gasteiger partial charge in [-0.05, 0) is 54.8 Å². The second-order valence-electron chi connectivity index (χ2n) is 4.98. The van der Waals surface area contributed by atoms with E-state index < -0.39 is 0 Å². The maximum absolute atomic E-state index is 12.8. The van der Waals surface area contributed by atoms with Gasteiger partial charge < -0.3 is 0 Å². The number of hydrogen-bond donors (Lipinski definition) is 0. The van der Waals surface area contributed by atoms with E-state index in [1.54, 1.807) is 10.9 Å². The molecule has 0 spiro atoms. The summed E-state index contributed by atoms with van der Waals surface area (Å²) in [6, 6.07) is 6.04. The SMILES string of the molecule is Cc1cccc(C)c1C(=O)c1c(Br)cnn1C(C)C. The third-order valence-electron chi connectivity index (χ3n) is 3.16. The zero-order valence-corrected chi connectivity index (χ0v) is 13.2. The van der Waals surface area contributed by atoms with Crippen molar-refractivity contribution in [3.63, 3.8) is 0 Å². The molecule has 0 N–H and O–H groups in total. The molecule has 4 heteroatoms. The van der Waals surface area contributed by atoms with E-state index in [2.05, 4.69) is 21.0 Å². The van der Waals surface area contributed by atoms with Gasteiger partial charge >= 0.3 is 0 Å². The van der Waals surface area contributed by atoms with E-state index in [4.69, 9.17) is 0 Å². The Balaban J connectivity index is 2.60. The van der Waals surface area contributed by atoms with Crippen molar-refractivity contribution in [1.29, 1.82) is 0 Å². The highest BCUT2D eigenvalue weighted by Crippen LogP contribution is 2.25. The maximum atomic E-state index is 12.8. The zero-order valence-electron chi connectivity index (χ0n) is 11.6. The quantitative estimate of drug-likeness (QED) is 0.799. The number of rotatable bonds is 3. The number of carbonyl (C=O) groups excluding carboxylic acids is 1. The predicted octanol–water partition coefficient (Wildman–Crippen LogP) is 4.07. The van der Waals surface area contributed by atoms with Crippen molar-refractivity contribution in [2.24, 2.45) is 0 Å². The van der Waals surface area contributed by atoms with Gasteiger partial charge in [-0.25, -0.2) is 0 Å². The first kappa shape index (κ1) is 14.0. The fourth-order valence-corrected chi connectivity index (χ4v) is 2.69. The molecule has 1 heterocycles. The number of nitrogens with zero attached hydrogens (tertiary/aromatic N) is 2. The number of carbonyl (C=O) groups is 1.